The van der Waals surface area contributed by atoms with Gasteiger partial charge in [-0.25, -0.2) is 0 Å². The predicted octanol–water partition coefficient (Wildman–Crippen LogP) is 4.29. The van der Waals surface area contributed by atoms with Gasteiger partial charge in [0.1, 0.15) is 0 Å². The van der Waals surface area contributed by atoms with Crippen LogP contribution in [0.5, 0.6) is 0 Å². The van der Waals surface area contributed by atoms with E-state index in [-0.39, 0.29) is 29.0 Å². The molecule has 7 atom stereocenters. The fourth-order valence-corrected chi connectivity index (χ4v) is 7.44. The maximum atomic E-state index is 12.7. The molecule has 1 heterocycles. The number of aliphatic hydroxyl groups excluding tert-OH is 1. The third-order valence-corrected chi connectivity index (χ3v) is 8.91. The highest BCUT2D eigenvalue weighted by atomic mass is 16.3. The fraction of sp³-hybridized carbons (Fsp3) is 0.857. The summed E-state index contributed by atoms with van der Waals surface area (Å²) in [6, 6.07) is 0. The van der Waals surface area contributed by atoms with Crippen molar-refractivity contribution in [1.29, 1.82) is 0 Å². The van der Waals surface area contributed by atoms with Gasteiger partial charge in [0, 0.05) is 5.92 Å². The average Bonchev–Trinajstić information content (AvgIpc) is 3.37. The third-order valence-electron chi connectivity index (χ3n) is 8.91. The summed E-state index contributed by atoms with van der Waals surface area (Å²) < 4.78 is 0. The summed E-state index contributed by atoms with van der Waals surface area (Å²) in [7, 11) is 0. The Morgan fingerprint density at radius 3 is 2.68 bits per heavy atom. The first kappa shape index (κ1) is 16.2. The molecular weight excluding hydrogens is 312 g/mol. The van der Waals surface area contributed by atoms with Crippen LogP contribution in [0.25, 0.3) is 0 Å². The number of allylic oxidation sites excluding steroid dienone is 1. The summed E-state index contributed by atoms with van der Waals surface area (Å²) in [6.07, 6.45) is 10.8. The average molecular weight is 342 g/mol. The molecule has 0 spiro atoms. The maximum Gasteiger partial charge on any atom is 0.238 e. The Labute approximate surface area is 150 Å². The van der Waals surface area contributed by atoms with Crippen LogP contribution in [0.3, 0.4) is 0 Å². The number of carbonyl (C=O) groups is 1. The molecule has 136 valence electrons. The van der Waals surface area contributed by atoms with Gasteiger partial charge in [0.15, 0.2) is 5.78 Å². The molecule has 3 fully saturated rings. The Hall–Kier alpha value is -1.03. The number of fused-ring (bicyclic) bond motifs is 5. The summed E-state index contributed by atoms with van der Waals surface area (Å²) >= 11 is 0. The molecule has 4 aliphatic carbocycles. The topological polar surface area (TPSA) is 62.0 Å². The molecule has 5 aliphatic rings. The summed E-state index contributed by atoms with van der Waals surface area (Å²) in [5.41, 5.74) is 1.96. The molecule has 0 aromatic heterocycles. The highest BCUT2D eigenvalue weighted by Crippen LogP contribution is 2.66. The number of carbonyl (C=O) groups excluding carboxylic acids is 1. The molecular formula is C21H30N2O2. The fourth-order valence-electron chi connectivity index (χ4n) is 7.44. The van der Waals surface area contributed by atoms with E-state index in [1.54, 1.807) is 0 Å². The molecule has 3 saturated carbocycles. The number of nitrogens with zero attached hydrogens (tertiary/aromatic N) is 2. The number of ketones is 1. The molecule has 0 radical (unpaired) electrons. The molecule has 25 heavy (non-hydrogen) atoms. The quantitative estimate of drug-likeness (QED) is 0.761. The minimum absolute atomic E-state index is 0.135. The van der Waals surface area contributed by atoms with Crippen molar-refractivity contribution in [3.63, 3.8) is 0 Å². The summed E-state index contributed by atoms with van der Waals surface area (Å²) in [6.45, 7) is 4.85. The molecule has 1 N–H and O–H groups in total. The smallest absolute Gasteiger partial charge is 0.238 e. The number of hydrogen-bond acceptors (Lipinski definition) is 4. The third kappa shape index (κ3) is 2.19. The largest absolute Gasteiger partial charge is 0.393 e. The first-order valence-corrected chi connectivity index (χ1v) is 10.2. The van der Waals surface area contributed by atoms with Crippen molar-refractivity contribution in [1.82, 2.24) is 0 Å². The normalized spacial score (nSPS) is 51.3. The van der Waals surface area contributed by atoms with Crippen molar-refractivity contribution in [3.8, 4) is 0 Å². The molecule has 0 unspecified atom stereocenters. The molecule has 4 nitrogen and oxygen atoms in total. The SMILES string of the molecule is C[C@]12CC[C@H]3[C@@H](CC=C4C[C@@H](O)CC[C@@]43C)[C@@H]1CC[C@@H]2C(=O)C1N=N1. The van der Waals surface area contributed by atoms with Crippen LogP contribution in [0.2, 0.25) is 0 Å². The van der Waals surface area contributed by atoms with E-state index >= 15 is 0 Å². The van der Waals surface area contributed by atoms with Crippen LogP contribution in [-0.2, 0) is 4.79 Å². The lowest BCUT2D eigenvalue weighted by molar-refractivity contribution is -0.129. The Balaban J connectivity index is 1.44. The van der Waals surface area contributed by atoms with Crippen molar-refractivity contribution in [2.75, 3.05) is 0 Å². The molecule has 0 bridgehead atoms. The Morgan fingerprint density at radius 1 is 1.12 bits per heavy atom. The Bertz CT molecular complexity index is 665. The van der Waals surface area contributed by atoms with Gasteiger partial charge in [-0.15, -0.1) is 0 Å². The summed E-state index contributed by atoms with van der Waals surface area (Å²) in [5, 5.41) is 17.9. The van der Waals surface area contributed by atoms with Crippen molar-refractivity contribution < 1.29 is 9.90 Å². The van der Waals surface area contributed by atoms with E-state index in [1.807, 2.05) is 0 Å². The van der Waals surface area contributed by atoms with E-state index in [0.717, 1.165) is 38.0 Å². The minimum atomic E-state index is -0.325. The zero-order valence-corrected chi connectivity index (χ0v) is 15.4. The molecule has 1 aliphatic heterocycles. The number of Topliss-reactive ketones (excluding diaryl/α,β-unsaturated/α-hetero) is 1. The van der Waals surface area contributed by atoms with Crippen LogP contribution in [0, 0.1) is 34.5 Å². The molecule has 5 rings (SSSR count). The van der Waals surface area contributed by atoms with Crippen molar-refractivity contribution in [2.45, 2.75) is 77.5 Å². The first-order valence-electron chi connectivity index (χ1n) is 10.2. The zero-order chi connectivity index (χ0) is 17.4. The lowest BCUT2D eigenvalue weighted by Gasteiger charge is -2.57. The molecule has 0 aromatic carbocycles. The van der Waals surface area contributed by atoms with E-state index in [4.69, 9.17) is 0 Å². The lowest BCUT2D eigenvalue weighted by atomic mass is 9.47. The minimum Gasteiger partial charge on any atom is -0.393 e. The molecule has 0 amide bonds. The van der Waals surface area contributed by atoms with Gasteiger partial charge in [-0.2, -0.15) is 10.2 Å². The van der Waals surface area contributed by atoms with Gasteiger partial charge in [0.05, 0.1) is 6.10 Å². The predicted molar refractivity (Wildman–Crippen MR) is 94.9 cm³/mol. The lowest BCUT2D eigenvalue weighted by Crippen LogP contribution is -2.51. The van der Waals surface area contributed by atoms with Crippen LogP contribution in [0.4, 0.5) is 0 Å². The van der Waals surface area contributed by atoms with Gasteiger partial charge in [-0.3, -0.25) is 4.79 Å². The second-order valence-electron chi connectivity index (χ2n) is 9.84. The highest BCUT2D eigenvalue weighted by molar-refractivity contribution is 5.88. The van der Waals surface area contributed by atoms with Gasteiger partial charge < -0.3 is 5.11 Å². The van der Waals surface area contributed by atoms with Gasteiger partial charge in [-0.05, 0) is 80.0 Å². The van der Waals surface area contributed by atoms with Crippen LogP contribution in [-0.4, -0.2) is 23.2 Å². The molecule has 4 heteroatoms. The highest BCUT2D eigenvalue weighted by Gasteiger charge is 2.60. The van der Waals surface area contributed by atoms with Crippen LogP contribution >= 0.6 is 0 Å². The van der Waals surface area contributed by atoms with E-state index in [9.17, 15) is 9.90 Å². The van der Waals surface area contributed by atoms with Crippen LogP contribution < -0.4 is 0 Å². The summed E-state index contributed by atoms with van der Waals surface area (Å²) in [5.74, 6) is 2.59. The second-order valence-corrected chi connectivity index (χ2v) is 9.84. The van der Waals surface area contributed by atoms with Crippen molar-refractivity contribution in [2.24, 2.45) is 44.7 Å². The number of hydrogen-bond donors (Lipinski definition) is 1. The monoisotopic (exact) mass is 342 g/mol. The van der Waals surface area contributed by atoms with Crippen molar-refractivity contribution in [3.05, 3.63) is 11.6 Å². The Morgan fingerprint density at radius 2 is 1.92 bits per heavy atom. The standard InChI is InChI=1S/C21H30N2O2/c1-20-9-7-13(24)11-12(20)3-4-14-15-5-6-17(18(25)19-22-23-19)21(15,2)10-8-16(14)20/h3,13-17,19,24H,4-11H2,1-2H3/t13-,14-,15-,16-,17+,20-,21-/m0/s1. The van der Waals surface area contributed by atoms with E-state index < -0.39 is 0 Å². The van der Waals surface area contributed by atoms with Crippen LogP contribution in [0.15, 0.2) is 21.9 Å². The maximum absolute atomic E-state index is 12.7. The number of aliphatic hydroxyl groups is 1. The van der Waals surface area contributed by atoms with E-state index in [1.165, 1.54) is 24.8 Å². The Kier molecular flexibility index (Phi) is 3.39. The zero-order valence-electron chi connectivity index (χ0n) is 15.4. The van der Waals surface area contributed by atoms with Crippen LogP contribution in [0.1, 0.15) is 65.2 Å². The van der Waals surface area contributed by atoms with Gasteiger partial charge >= 0.3 is 0 Å². The van der Waals surface area contributed by atoms with Gasteiger partial charge in [0.25, 0.3) is 0 Å². The van der Waals surface area contributed by atoms with E-state index in [2.05, 4.69) is 30.2 Å². The first-order chi connectivity index (χ1) is 11.9. The molecule has 0 saturated heterocycles. The summed E-state index contributed by atoms with van der Waals surface area (Å²) in [4.78, 5) is 12.7. The van der Waals surface area contributed by atoms with Crippen molar-refractivity contribution >= 4 is 5.78 Å². The van der Waals surface area contributed by atoms with Gasteiger partial charge in [-0.1, -0.05) is 25.5 Å². The molecule has 0 aromatic rings. The van der Waals surface area contributed by atoms with E-state index in [0.29, 0.717) is 17.6 Å². The van der Waals surface area contributed by atoms with Gasteiger partial charge in [0.2, 0.25) is 6.17 Å². The second kappa shape index (κ2) is 5.25. The number of rotatable bonds is 2.